The number of anilines is 1. The Bertz CT molecular complexity index is 309. The Morgan fingerprint density at radius 3 is 2.29 bits per heavy atom. The maximum absolute atomic E-state index is 5.22. The van der Waals surface area contributed by atoms with Crippen LogP contribution in [0.4, 0.5) is 5.69 Å². The van der Waals surface area contributed by atoms with Gasteiger partial charge in [-0.05, 0) is 17.9 Å². The molecule has 0 aromatic heterocycles. The fourth-order valence-corrected chi connectivity index (χ4v) is 2.10. The summed E-state index contributed by atoms with van der Waals surface area (Å²) >= 11 is 1.97. The number of methoxy groups -OCH3 is 2. The van der Waals surface area contributed by atoms with Gasteiger partial charge in [0.05, 0.1) is 14.2 Å². The molecule has 17 heavy (non-hydrogen) atoms. The normalized spacial score (nSPS) is 10.1. The molecule has 96 valence electrons. The maximum atomic E-state index is 5.22. The fourth-order valence-electron chi connectivity index (χ4n) is 1.46. The minimum atomic E-state index is 0.815. The topological polar surface area (TPSA) is 30.5 Å². The van der Waals surface area contributed by atoms with Crippen LogP contribution in [0.25, 0.3) is 0 Å². The van der Waals surface area contributed by atoms with E-state index < -0.39 is 0 Å². The zero-order chi connectivity index (χ0) is 12.5. The molecule has 0 aliphatic rings. The van der Waals surface area contributed by atoms with Crippen molar-refractivity contribution in [2.24, 2.45) is 0 Å². The van der Waals surface area contributed by atoms with Gasteiger partial charge in [-0.15, -0.1) is 0 Å². The standard InChI is InChI=1S/C13H21NO2S/c1-4-17-7-5-6-14-11-8-12(15-2)10-13(9-11)16-3/h8-10,14H,4-7H2,1-3H3. The van der Waals surface area contributed by atoms with E-state index in [0.717, 1.165) is 30.2 Å². The first kappa shape index (κ1) is 14.0. The van der Waals surface area contributed by atoms with E-state index in [-0.39, 0.29) is 0 Å². The van der Waals surface area contributed by atoms with Gasteiger partial charge in [0, 0.05) is 30.4 Å². The molecule has 0 saturated heterocycles. The summed E-state index contributed by atoms with van der Waals surface area (Å²) in [5.41, 5.74) is 1.04. The molecule has 0 radical (unpaired) electrons. The number of benzene rings is 1. The first-order valence-electron chi connectivity index (χ1n) is 5.84. The zero-order valence-electron chi connectivity index (χ0n) is 10.8. The smallest absolute Gasteiger partial charge is 0.124 e. The Labute approximate surface area is 108 Å². The third-order valence-corrected chi connectivity index (χ3v) is 3.34. The molecular formula is C13H21NO2S. The van der Waals surface area contributed by atoms with Crippen LogP contribution in [0.3, 0.4) is 0 Å². The summed E-state index contributed by atoms with van der Waals surface area (Å²) in [6.07, 6.45) is 1.16. The molecule has 1 rings (SSSR count). The van der Waals surface area contributed by atoms with Crippen molar-refractivity contribution in [1.82, 2.24) is 0 Å². The molecule has 0 amide bonds. The summed E-state index contributed by atoms with van der Waals surface area (Å²) in [7, 11) is 3.33. The molecule has 3 nitrogen and oxygen atoms in total. The van der Waals surface area contributed by atoms with E-state index in [1.165, 1.54) is 11.5 Å². The highest BCUT2D eigenvalue weighted by atomic mass is 32.2. The van der Waals surface area contributed by atoms with Crippen LogP contribution in [-0.4, -0.2) is 32.3 Å². The van der Waals surface area contributed by atoms with Crippen molar-refractivity contribution in [3.05, 3.63) is 18.2 Å². The van der Waals surface area contributed by atoms with Crippen molar-refractivity contribution in [2.45, 2.75) is 13.3 Å². The Hall–Kier alpha value is -1.03. The summed E-state index contributed by atoms with van der Waals surface area (Å²) in [6.45, 7) is 3.16. The zero-order valence-corrected chi connectivity index (χ0v) is 11.6. The molecule has 1 N–H and O–H groups in total. The lowest BCUT2D eigenvalue weighted by atomic mass is 10.2. The van der Waals surface area contributed by atoms with E-state index in [0.29, 0.717) is 0 Å². The fraction of sp³-hybridized carbons (Fsp3) is 0.538. The van der Waals surface area contributed by atoms with Crippen molar-refractivity contribution < 1.29 is 9.47 Å². The van der Waals surface area contributed by atoms with Gasteiger partial charge in [0.1, 0.15) is 11.5 Å². The molecule has 0 spiro atoms. The molecule has 0 aliphatic carbocycles. The highest BCUT2D eigenvalue weighted by Gasteiger charge is 2.00. The monoisotopic (exact) mass is 255 g/mol. The predicted octanol–water partition coefficient (Wildman–Crippen LogP) is 3.26. The van der Waals surface area contributed by atoms with E-state index in [9.17, 15) is 0 Å². The highest BCUT2D eigenvalue weighted by molar-refractivity contribution is 7.99. The molecule has 0 aliphatic heterocycles. The summed E-state index contributed by atoms with van der Waals surface area (Å²) in [4.78, 5) is 0. The predicted molar refractivity (Wildman–Crippen MR) is 75.7 cm³/mol. The second-order valence-corrected chi connectivity index (χ2v) is 4.97. The summed E-state index contributed by atoms with van der Waals surface area (Å²) in [5.74, 6) is 4.02. The first-order valence-corrected chi connectivity index (χ1v) is 7.00. The van der Waals surface area contributed by atoms with Crippen molar-refractivity contribution >= 4 is 17.4 Å². The van der Waals surface area contributed by atoms with Crippen LogP contribution in [0.15, 0.2) is 18.2 Å². The number of rotatable bonds is 8. The molecule has 1 aromatic rings. The molecule has 0 bridgehead atoms. The van der Waals surface area contributed by atoms with Crippen molar-refractivity contribution in [2.75, 3.05) is 37.6 Å². The maximum Gasteiger partial charge on any atom is 0.124 e. The molecule has 0 unspecified atom stereocenters. The average Bonchev–Trinajstić information content (AvgIpc) is 2.38. The Balaban J connectivity index is 2.46. The van der Waals surface area contributed by atoms with E-state index in [1.54, 1.807) is 14.2 Å². The summed E-state index contributed by atoms with van der Waals surface area (Å²) in [6, 6.07) is 5.84. The van der Waals surface area contributed by atoms with Crippen LogP contribution < -0.4 is 14.8 Å². The summed E-state index contributed by atoms with van der Waals surface area (Å²) in [5, 5.41) is 3.38. The number of thioether (sulfide) groups is 1. The quantitative estimate of drug-likeness (QED) is 0.722. The molecule has 4 heteroatoms. The molecule has 0 saturated carbocycles. The lowest BCUT2D eigenvalue weighted by Gasteiger charge is -2.10. The van der Waals surface area contributed by atoms with Crippen LogP contribution in [-0.2, 0) is 0 Å². The van der Waals surface area contributed by atoms with Crippen molar-refractivity contribution in [1.29, 1.82) is 0 Å². The van der Waals surface area contributed by atoms with Crippen LogP contribution in [0.2, 0.25) is 0 Å². The second kappa shape index (κ2) is 8.12. The molecule has 1 aromatic carbocycles. The first-order chi connectivity index (χ1) is 8.30. The van der Waals surface area contributed by atoms with Crippen LogP contribution >= 0.6 is 11.8 Å². The Kier molecular flexibility index (Phi) is 6.70. The van der Waals surface area contributed by atoms with Gasteiger partial charge in [-0.25, -0.2) is 0 Å². The van der Waals surface area contributed by atoms with E-state index >= 15 is 0 Å². The van der Waals surface area contributed by atoms with Gasteiger partial charge in [0.25, 0.3) is 0 Å². The SMILES string of the molecule is CCSCCCNc1cc(OC)cc(OC)c1. The Morgan fingerprint density at radius 1 is 1.12 bits per heavy atom. The van der Waals surface area contributed by atoms with Gasteiger partial charge in [-0.2, -0.15) is 11.8 Å². The van der Waals surface area contributed by atoms with Gasteiger partial charge in [-0.1, -0.05) is 6.92 Å². The van der Waals surface area contributed by atoms with E-state index in [2.05, 4.69) is 12.2 Å². The molecule has 0 fully saturated rings. The largest absolute Gasteiger partial charge is 0.497 e. The molecule has 0 heterocycles. The molecule has 0 atom stereocenters. The number of nitrogens with one attached hydrogen (secondary N) is 1. The van der Waals surface area contributed by atoms with Crippen LogP contribution in [0.5, 0.6) is 11.5 Å². The van der Waals surface area contributed by atoms with E-state index in [1.807, 2.05) is 30.0 Å². The lowest BCUT2D eigenvalue weighted by molar-refractivity contribution is 0.394. The minimum Gasteiger partial charge on any atom is -0.497 e. The Morgan fingerprint density at radius 2 is 1.76 bits per heavy atom. The third kappa shape index (κ3) is 5.22. The van der Waals surface area contributed by atoms with Gasteiger partial charge in [0.15, 0.2) is 0 Å². The number of ether oxygens (including phenoxy) is 2. The van der Waals surface area contributed by atoms with Gasteiger partial charge in [-0.3, -0.25) is 0 Å². The number of hydrogen-bond acceptors (Lipinski definition) is 4. The van der Waals surface area contributed by atoms with Crippen LogP contribution in [0.1, 0.15) is 13.3 Å². The molecular weight excluding hydrogens is 234 g/mol. The average molecular weight is 255 g/mol. The minimum absolute atomic E-state index is 0.815. The third-order valence-electron chi connectivity index (χ3n) is 2.35. The number of hydrogen-bond donors (Lipinski definition) is 1. The second-order valence-electron chi connectivity index (χ2n) is 3.58. The van der Waals surface area contributed by atoms with Gasteiger partial charge >= 0.3 is 0 Å². The van der Waals surface area contributed by atoms with E-state index in [4.69, 9.17) is 9.47 Å². The highest BCUT2D eigenvalue weighted by Crippen LogP contribution is 2.25. The lowest BCUT2D eigenvalue weighted by Crippen LogP contribution is -2.03. The van der Waals surface area contributed by atoms with Gasteiger partial charge in [0.2, 0.25) is 0 Å². The van der Waals surface area contributed by atoms with Crippen LogP contribution in [0, 0.1) is 0 Å². The van der Waals surface area contributed by atoms with Crippen molar-refractivity contribution in [3.8, 4) is 11.5 Å². The van der Waals surface area contributed by atoms with Crippen molar-refractivity contribution in [3.63, 3.8) is 0 Å². The summed E-state index contributed by atoms with van der Waals surface area (Å²) < 4.78 is 10.4. The van der Waals surface area contributed by atoms with Gasteiger partial charge < -0.3 is 14.8 Å².